The molecule has 0 aliphatic rings. The summed E-state index contributed by atoms with van der Waals surface area (Å²) in [5.74, 6) is 0.00398. The second kappa shape index (κ2) is 5.54. The molecular weight excluding hydrogens is 200 g/mol. The van der Waals surface area contributed by atoms with Gasteiger partial charge in [-0.15, -0.1) is 0 Å². The number of rotatable bonds is 5. The van der Waals surface area contributed by atoms with E-state index in [-0.39, 0.29) is 5.78 Å². The van der Waals surface area contributed by atoms with Crippen LogP contribution in [0.5, 0.6) is 0 Å². The number of Topliss-reactive ketones (excluding diaryl/α,β-unsaturated/α-hetero) is 1. The molecule has 3 N–H and O–H groups in total. The molecule has 3 nitrogen and oxygen atoms in total. The largest absolute Gasteiger partial charge is 0.398 e. The standard InChI is InChI=1S/C13H20N2O/c1-4-5-9(2)15-11-6-7-13(14)12(8-11)10(3)16/h6-9,15H,4-5,14H2,1-3H3. The predicted molar refractivity (Wildman–Crippen MR) is 68.9 cm³/mol. The van der Waals surface area contributed by atoms with Crippen LogP contribution in [0.4, 0.5) is 11.4 Å². The van der Waals surface area contributed by atoms with Crippen molar-refractivity contribution in [3.63, 3.8) is 0 Å². The number of carbonyl (C=O) groups is 1. The van der Waals surface area contributed by atoms with Gasteiger partial charge in [-0.25, -0.2) is 0 Å². The molecule has 1 aromatic rings. The van der Waals surface area contributed by atoms with Crippen molar-refractivity contribution in [1.82, 2.24) is 0 Å². The SMILES string of the molecule is CCCC(C)Nc1ccc(N)c(C(C)=O)c1. The Hall–Kier alpha value is -1.51. The zero-order valence-electron chi connectivity index (χ0n) is 10.2. The molecule has 0 saturated heterocycles. The lowest BCUT2D eigenvalue weighted by molar-refractivity contribution is 0.101. The molecule has 0 aliphatic heterocycles. The van der Waals surface area contributed by atoms with Gasteiger partial charge in [-0.1, -0.05) is 13.3 Å². The van der Waals surface area contributed by atoms with Crippen LogP contribution in [-0.4, -0.2) is 11.8 Å². The normalized spacial score (nSPS) is 12.2. The average molecular weight is 220 g/mol. The van der Waals surface area contributed by atoms with E-state index >= 15 is 0 Å². The number of ketones is 1. The number of benzene rings is 1. The fourth-order valence-electron chi connectivity index (χ4n) is 1.74. The van der Waals surface area contributed by atoms with Gasteiger partial charge in [-0.3, -0.25) is 4.79 Å². The molecule has 3 heteroatoms. The predicted octanol–water partition coefficient (Wildman–Crippen LogP) is 3.07. The maximum absolute atomic E-state index is 11.3. The number of hydrogen-bond acceptors (Lipinski definition) is 3. The number of hydrogen-bond donors (Lipinski definition) is 2. The van der Waals surface area contributed by atoms with Crippen molar-refractivity contribution in [2.75, 3.05) is 11.1 Å². The second-order valence-electron chi connectivity index (χ2n) is 4.19. The Bertz CT molecular complexity index is 374. The van der Waals surface area contributed by atoms with Crippen molar-refractivity contribution in [2.45, 2.75) is 39.7 Å². The monoisotopic (exact) mass is 220 g/mol. The molecule has 0 fully saturated rings. The number of nitrogens with two attached hydrogens (primary N) is 1. The molecule has 1 rings (SSSR count). The van der Waals surface area contributed by atoms with Gasteiger partial charge in [-0.05, 0) is 38.5 Å². The summed E-state index contributed by atoms with van der Waals surface area (Å²) in [5.41, 5.74) is 7.82. The van der Waals surface area contributed by atoms with Gasteiger partial charge in [0, 0.05) is 23.0 Å². The molecule has 0 saturated carbocycles. The third-order valence-electron chi connectivity index (χ3n) is 2.57. The van der Waals surface area contributed by atoms with Crippen molar-refractivity contribution in [3.05, 3.63) is 23.8 Å². The molecule has 0 aromatic heterocycles. The summed E-state index contributed by atoms with van der Waals surface area (Å²) in [7, 11) is 0. The van der Waals surface area contributed by atoms with E-state index in [4.69, 9.17) is 5.73 Å². The molecule has 1 atom stereocenters. The van der Waals surface area contributed by atoms with Crippen LogP contribution in [0.25, 0.3) is 0 Å². The summed E-state index contributed by atoms with van der Waals surface area (Å²) >= 11 is 0. The van der Waals surface area contributed by atoms with Crippen molar-refractivity contribution in [2.24, 2.45) is 0 Å². The van der Waals surface area contributed by atoms with E-state index in [9.17, 15) is 4.79 Å². The molecule has 1 unspecified atom stereocenters. The van der Waals surface area contributed by atoms with Gasteiger partial charge in [-0.2, -0.15) is 0 Å². The summed E-state index contributed by atoms with van der Waals surface area (Å²) < 4.78 is 0. The highest BCUT2D eigenvalue weighted by Crippen LogP contribution is 2.19. The fraction of sp³-hybridized carbons (Fsp3) is 0.462. The molecule has 0 bridgehead atoms. The van der Waals surface area contributed by atoms with Crippen LogP contribution in [0.15, 0.2) is 18.2 Å². The van der Waals surface area contributed by atoms with E-state index in [1.54, 1.807) is 6.07 Å². The Labute approximate surface area is 97.0 Å². The molecule has 88 valence electrons. The number of carbonyl (C=O) groups excluding carboxylic acids is 1. The molecule has 0 radical (unpaired) electrons. The first-order valence-electron chi connectivity index (χ1n) is 5.71. The van der Waals surface area contributed by atoms with E-state index in [0.717, 1.165) is 18.5 Å². The maximum Gasteiger partial charge on any atom is 0.161 e. The highest BCUT2D eigenvalue weighted by molar-refractivity contribution is 6.00. The van der Waals surface area contributed by atoms with Crippen LogP contribution >= 0.6 is 0 Å². The first-order chi connectivity index (χ1) is 7.54. The summed E-state index contributed by atoms with van der Waals surface area (Å²) in [6.07, 6.45) is 2.25. The van der Waals surface area contributed by atoms with Crippen LogP contribution in [0.3, 0.4) is 0 Å². The van der Waals surface area contributed by atoms with Gasteiger partial charge in [0.05, 0.1) is 0 Å². The molecule has 1 aromatic carbocycles. The Kier molecular flexibility index (Phi) is 4.35. The van der Waals surface area contributed by atoms with E-state index < -0.39 is 0 Å². The Balaban J connectivity index is 2.82. The molecular formula is C13H20N2O. The van der Waals surface area contributed by atoms with Gasteiger partial charge in [0.25, 0.3) is 0 Å². The zero-order chi connectivity index (χ0) is 12.1. The maximum atomic E-state index is 11.3. The number of nitrogens with one attached hydrogen (secondary N) is 1. The van der Waals surface area contributed by atoms with Crippen LogP contribution < -0.4 is 11.1 Å². The highest BCUT2D eigenvalue weighted by atomic mass is 16.1. The van der Waals surface area contributed by atoms with Crippen LogP contribution in [0.2, 0.25) is 0 Å². The van der Waals surface area contributed by atoms with E-state index in [1.165, 1.54) is 6.92 Å². The smallest absolute Gasteiger partial charge is 0.161 e. The van der Waals surface area contributed by atoms with Crippen molar-refractivity contribution >= 4 is 17.2 Å². The minimum absolute atomic E-state index is 0.00398. The van der Waals surface area contributed by atoms with Gasteiger partial charge in [0.2, 0.25) is 0 Å². The summed E-state index contributed by atoms with van der Waals surface area (Å²) in [6, 6.07) is 5.92. The van der Waals surface area contributed by atoms with E-state index in [2.05, 4.69) is 19.2 Å². The summed E-state index contributed by atoms with van der Waals surface area (Å²) in [5, 5.41) is 3.36. The van der Waals surface area contributed by atoms with E-state index in [0.29, 0.717) is 17.3 Å². The molecule has 0 spiro atoms. The van der Waals surface area contributed by atoms with Crippen LogP contribution in [0.1, 0.15) is 44.0 Å². The van der Waals surface area contributed by atoms with Gasteiger partial charge in [0.15, 0.2) is 5.78 Å². The quantitative estimate of drug-likeness (QED) is 0.592. The highest BCUT2D eigenvalue weighted by Gasteiger charge is 2.07. The minimum atomic E-state index is 0.00398. The zero-order valence-corrected chi connectivity index (χ0v) is 10.2. The average Bonchev–Trinajstić information content (AvgIpc) is 2.21. The molecule has 0 amide bonds. The first kappa shape index (κ1) is 12.6. The summed E-state index contributed by atoms with van der Waals surface area (Å²) in [4.78, 5) is 11.3. The molecule has 0 heterocycles. The van der Waals surface area contributed by atoms with Crippen LogP contribution in [0, 0.1) is 0 Å². The summed E-state index contributed by atoms with van der Waals surface area (Å²) in [6.45, 7) is 5.82. The van der Waals surface area contributed by atoms with Gasteiger partial charge < -0.3 is 11.1 Å². The fourth-order valence-corrected chi connectivity index (χ4v) is 1.74. The minimum Gasteiger partial charge on any atom is -0.398 e. The van der Waals surface area contributed by atoms with Crippen LogP contribution in [-0.2, 0) is 0 Å². The number of anilines is 2. The molecule has 0 aliphatic carbocycles. The Morgan fingerprint density at radius 2 is 2.19 bits per heavy atom. The number of nitrogen functional groups attached to an aromatic ring is 1. The third-order valence-corrected chi connectivity index (χ3v) is 2.57. The third kappa shape index (κ3) is 3.26. The Morgan fingerprint density at radius 1 is 1.50 bits per heavy atom. The lowest BCUT2D eigenvalue weighted by atomic mass is 10.1. The lowest BCUT2D eigenvalue weighted by Crippen LogP contribution is -2.15. The van der Waals surface area contributed by atoms with Crippen molar-refractivity contribution < 1.29 is 4.79 Å². The molecule has 16 heavy (non-hydrogen) atoms. The Morgan fingerprint density at radius 3 is 2.75 bits per heavy atom. The second-order valence-corrected chi connectivity index (χ2v) is 4.19. The van der Waals surface area contributed by atoms with Crippen molar-refractivity contribution in [1.29, 1.82) is 0 Å². The lowest BCUT2D eigenvalue weighted by Gasteiger charge is -2.15. The van der Waals surface area contributed by atoms with E-state index in [1.807, 2.05) is 12.1 Å². The topological polar surface area (TPSA) is 55.1 Å². The first-order valence-corrected chi connectivity index (χ1v) is 5.71. The van der Waals surface area contributed by atoms with Crippen molar-refractivity contribution in [3.8, 4) is 0 Å². The van der Waals surface area contributed by atoms with Gasteiger partial charge in [0.1, 0.15) is 0 Å². The van der Waals surface area contributed by atoms with Gasteiger partial charge >= 0.3 is 0 Å².